The molecular weight excluding hydrogens is 243 g/mol. The zero-order valence-corrected chi connectivity index (χ0v) is 9.73. The zero-order chi connectivity index (χ0) is 8.32. The summed E-state index contributed by atoms with van der Waals surface area (Å²) in [6.45, 7) is 0. The Kier molecular flexibility index (Phi) is 3.91. The molecule has 11 heavy (non-hydrogen) atoms. The van der Waals surface area contributed by atoms with E-state index in [0.717, 1.165) is 17.3 Å². The second-order valence-corrected chi connectivity index (χ2v) is 10.8. The van der Waals surface area contributed by atoms with Gasteiger partial charge in [-0.15, -0.1) is 0 Å². The smallest absolute Gasteiger partial charge is 0.503 e. The van der Waals surface area contributed by atoms with Crippen LogP contribution in [0.1, 0.15) is 12.8 Å². The summed E-state index contributed by atoms with van der Waals surface area (Å²) in [6.07, 6.45) is 1.26. The summed E-state index contributed by atoms with van der Waals surface area (Å²) in [7, 11) is 0. The normalized spacial score (nSPS) is 19.4. The first kappa shape index (κ1) is 10.1. The predicted molar refractivity (Wildman–Crippen MR) is 54.2 cm³/mol. The fraction of sp³-hybridized carbons (Fsp3) is 0.600. The molecule has 0 saturated heterocycles. The second-order valence-electron chi connectivity index (χ2n) is 2.06. The van der Waals surface area contributed by atoms with Gasteiger partial charge in [0.25, 0.3) is 0 Å². The van der Waals surface area contributed by atoms with E-state index in [0.29, 0.717) is 0 Å². The molecular formula is C5H7Cl3OSSi. The van der Waals surface area contributed by atoms with Crippen LogP contribution in [-0.2, 0) is 4.43 Å². The molecule has 64 valence electrons. The maximum absolute atomic E-state index is 5.56. The molecule has 0 aliphatic carbocycles. The van der Waals surface area contributed by atoms with Crippen molar-refractivity contribution in [3.8, 4) is 0 Å². The highest BCUT2D eigenvalue weighted by molar-refractivity contribution is 8.03. The molecule has 0 spiro atoms. The lowest BCUT2D eigenvalue weighted by molar-refractivity contribution is 0.492. The van der Waals surface area contributed by atoms with Crippen LogP contribution in [0.5, 0.6) is 0 Å². The number of hydrogen-bond donors (Lipinski definition) is 0. The van der Waals surface area contributed by atoms with Gasteiger partial charge in [0.1, 0.15) is 5.09 Å². The van der Waals surface area contributed by atoms with E-state index >= 15 is 0 Å². The minimum Gasteiger partial charge on any atom is -0.503 e. The standard InChI is InChI=1S/C5H7Cl3OSSi/c6-11(7,8)9-5-3-1-2-4-10-5/h3H,1-2,4H2. The molecule has 0 fully saturated rings. The Labute approximate surface area is 85.3 Å². The van der Waals surface area contributed by atoms with Crippen molar-refractivity contribution in [2.75, 3.05) is 5.75 Å². The quantitative estimate of drug-likeness (QED) is 0.547. The average molecular weight is 250 g/mol. The summed E-state index contributed by atoms with van der Waals surface area (Å²) in [5.74, 6) is 1.06. The molecule has 6 heteroatoms. The van der Waals surface area contributed by atoms with E-state index in [1.54, 1.807) is 11.8 Å². The third-order valence-electron chi connectivity index (χ3n) is 1.12. The number of rotatable bonds is 2. The van der Waals surface area contributed by atoms with Gasteiger partial charge in [0.2, 0.25) is 0 Å². The maximum atomic E-state index is 5.56. The molecule has 1 heterocycles. The third-order valence-corrected chi connectivity index (χ3v) is 3.44. The van der Waals surface area contributed by atoms with Crippen molar-refractivity contribution in [2.45, 2.75) is 12.8 Å². The predicted octanol–water partition coefficient (Wildman–Crippen LogP) is 3.52. The molecule has 0 bridgehead atoms. The summed E-state index contributed by atoms with van der Waals surface area (Å²) in [5, 5.41) is 0.780. The van der Waals surface area contributed by atoms with E-state index in [-0.39, 0.29) is 0 Å². The number of hydrogen-bond acceptors (Lipinski definition) is 2. The van der Waals surface area contributed by atoms with E-state index in [1.807, 2.05) is 6.08 Å². The third kappa shape index (κ3) is 4.53. The highest BCUT2D eigenvalue weighted by Gasteiger charge is 2.31. The molecule has 0 saturated carbocycles. The van der Waals surface area contributed by atoms with Gasteiger partial charge >= 0.3 is 6.25 Å². The molecule has 0 aromatic heterocycles. The first-order valence-corrected chi connectivity index (χ1v) is 9.09. The molecule has 0 aromatic carbocycles. The van der Waals surface area contributed by atoms with Crippen LogP contribution in [0.15, 0.2) is 11.2 Å². The lowest BCUT2D eigenvalue weighted by atomic mass is 10.3. The van der Waals surface area contributed by atoms with Gasteiger partial charge < -0.3 is 4.43 Å². The van der Waals surface area contributed by atoms with Crippen molar-refractivity contribution in [2.24, 2.45) is 0 Å². The summed E-state index contributed by atoms with van der Waals surface area (Å²) in [6, 6.07) is 0. The maximum Gasteiger partial charge on any atom is 0.556 e. The minimum atomic E-state index is -2.92. The molecule has 1 aliphatic rings. The average Bonchev–Trinajstić information content (AvgIpc) is 1.85. The van der Waals surface area contributed by atoms with Crippen molar-refractivity contribution in [3.05, 3.63) is 11.2 Å². The van der Waals surface area contributed by atoms with Crippen molar-refractivity contribution in [1.82, 2.24) is 0 Å². The lowest BCUT2D eigenvalue weighted by Crippen LogP contribution is -2.15. The lowest BCUT2D eigenvalue weighted by Gasteiger charge is -2.17. The van der Waals surface area contributed by atoms with Crippen LogP contribution < -0.4 is 0 Å². The molecule has 1 aliphatic heterocycles. The molecule has 0 atom stereocenters. The summed E-state index contributed by atoms with van der Waals surface area (Å²) < 4.78 is 5.14. The molecule has 0 amide bonds. The Bertz CT molecular complexity index is 168. The van der Waals surface area contributed by atoms with Crippen LogP contribution in [0.4, 0.5) is 0 Å². The summed E-state index contributed by atoms with van der Waals surface area (Å²) in [5.41, 5.74) is 0. The van der Waals surface area contributed by atoms with Crippen LogP contribution in [0.25, 0.3) is 0 Å². The topological polar surface area (TPSA) is 9.23 Å². The molecule has 1 rings (SSSR count). The van der Waals surface area contributed by atoms with Crippen LogP contribution in [0.2, 0.25) is 0 Å². The fourth-order valence-corrected chi connectivity index (χ4v) is 3.55. The molecule has 0 radical (unpaired) electrons. The Hall–Kier alpha value is 0.977. The summed E-state index contributed by atoms with van der Waals surface area (Å²) in [4.78, 5) is 0. The second kappa shape index (κ2) is 4.28. The van der Waals surface area contributed by atoms with Gasteiger partial charge in [-0.2, -0.15) is 0 Å². The van der Waals surface area contributed by atoms with Crippen LogP contribution in [-0.4, -0.2) is 12.0 Å². The molecule has 0 unspecified atom stereocenters. The highest BCUT2D eigenvalue weighted by atomic mass is 35.8. The Balaban J connectivity index is 2.42. The van der Waals surface area contributed by atoms with Gasteiger partial charge in [-0.1, -0.05) is 45.0 Å². The summed E-state index contributed by atoms with van der Waals surface area (Å²) >= 11 is 18.3. The van der Waals surface area contributed by atoms with E-state index in [9.17, 15) is 0 Å². The van der Waals surface area contributed by atoms with Crippen molar-refractivity contribution in [3.63, 3.8) is 0 Å². The first-order valence-electron chi connectivity index (χ1n) is 3.16. The Morgan fingerprint density at radius 3 is 2.64 bits per heavy atom. The number of thioether (sulfide) groups is 1. The van der Waals surface area contributed by atoms with Crippen molar-refractivity contribution in [1.29, 1.82) is 0 Å². The minimum absolute atomic E-state index is 0.780. The van der Waals surface area contributed by atoms with Gasteiger partial charge in [0, 0.05) is 5.75 Å². The van der Waals surface area contributed by atoms with Gasteiger partial charge in [0.15, 0.2) is 0 Å². The van der Waals surface area contributed by atoms with Crippen molar-refractivity contribution < 1.29 is 4.43 Å². The van der Waals surface area contributed by atoms with Gasteiger partial charge in [-0.25, -0.2) is 0 Å². The van der Waals surface area contributed by atoms with Crippen molar-refractivity contribution >= 4 is 51.2 Å². The molecule has 0 aromatic rings. The number of allylic oxidation sites excluding steroid dienone is 1. The van der Waals surface area contributed by atoms with E-state index in [1.165, 1.54) is 6.42 Å². The monoisotopic (exact) mass is 248 g/mol. The first-order chi connectivity index (χ1) is 5.08. The van der Waals surface area contributed by atoms with Gasteiger partial charge in [-0.05, 0) is 18.9 Å². The fourth-order valence-electron chi connectivity index (χ4n) is 0.720. The van der Waals surface area contributed by atoms with E-state index < -0.39 is 6.25 Å². The largest absolute Gasteiger partial charge is 0.556 e. The Morgan fingerprint density at radius 1 is 1.45 bits per heavy atom. The van der Waals surface area contributed by atoms with Gasteiger partial charge in [-0.3, -0.25) is 0 Å². The van der Waals surface area contributed by atoms with Gasteiger partial charge in [0.05, 0.1) is 0 Å². The highest BCUT2D eigenvalue weighted by Crippen LogP contribution is 2.32. The Morgan fingerprint density at radius 2 is 2.18 bits per heavy atom. The SMILES string of the molecule is Cl[Si](Cl)(Cl)OC1=CCCCS1. The van der Waals surface area contributed by atoms with Crippen LogP contribution in [0.3, 0.4) is 0 Å². The zero-order valence-electron chi connectivity index (χ0n) is 5.65. The molecule has 0 N–H and O–H groups in total. The molecule has 1 nitrogen and oxygen atoms in total. The van der Waals surface area contributed by atoms with Crippen LogP contribution >= 0.6 is 45.0 Å². The van der Waals surface area contributed by atoms with Crippen LogP contribution in [0, 0.1) is 0 Å². The van der Waals surface area contributed by atoms with E-state index in [4.69, 9.17) is 37.7 Å². The van der Waals surface area contributed by atoms with E-state index in [2.05, 4.69) is 0 Å². The number of halogens is 3.